The first-order chi connectivity index (χ1) is 34.2. The summed E-state index contributed by atoms with van der Waals surface area (Å²) in [5, 5.41) is 13.8. The van der Waals surface area contributed by atoms with Crippen molar-refractivity contribution < 1.29 is 0 Å². The van der Waals surface area contributed by atoms with Crippen LogP contribution >= 0.6 is 0 Å². The summed E-state index contributed by atoms with van der Waals surface area (Å²) in [6, 6.07) is 71.3. The largest absolute Gasteiger partial charge is 0.359 e. The highest BCUT2D eigenvalue weighted by Gasteiger charge is 2.32. The van der Waals surface area contributed by atoms with Gasteiger partial charge in [0, 0.05) is 72.2 Å². The van der Waals surface area contributed by atoms with Gasteiger partial charge in [-0.2, -0.15) is 0 Å². The summed E-state index contributed by atoms with van der Waals surface area (Å²) < 4.78 is 7.33. The van der Waals surface area contributed by atoms with Gasteiger partial charge < -0.3 is 19.0 Å². The van der Waals surface area contributed by atoms with Crippen LogP contribution in [0.3, 0.4) is 0 Å². The molecule has 1 aliphatic heterocycles. The molecule has 12 aromatic rings. The number of anilines is 1. The van der Waals surface area contributed by atoms with Crippen molar-refractivity contribution in [1.82, 2.24) is 13.7 Å². The summed E-state index contributed by atoms with van der Waals surface area (Å²) in [5.74, 6) is 0.515. The molecule has 0 fully saturated rings. The molecule has 324 valence electrons. The third kappa shape index (κ3) is 5.68. The van der Waals surface area contributed by atoms with Crippen LogP contribution in [0.5, 0.6) is 0 Å². The van der Waals surface area contributed by atoms with E-state index in [1.165, 1.54) is 70.7 Å². The summed E-state index contributed by atoms with van der Waals surface area (Å²) in [7, 11) is 0. The summed E-state index contributed by atoms with van der Waals surface area (Å²) in [4.78, 5) is 5.70. The number of rotatable bonds is 5. The van der Waals surface area contributed by atoms with Crippen LogP contribution in [-0.4, -0.2) is 19.4 Å². The van der Waals surface area contributed by atoms with Gasteiger partial charge in [0.1, 0.15) is 6.17 Å². The molecule has 0 saturated carbocycles. The van der Waals surface area contributed by atoms with E-state index >= 15 is 0 Å². The number of hydrogen-bond acceptors (Lipinski definition) is 2. The van der Waals surface area contributed by atoms with Crippen LogP contribution in [-0.2, 0) is 0 Å². The van der Waals surface area contributed by atoms with Crippen LogP contribution in [0.1, 0.15) is 17.3 Å². The minimum atomic E-state index is -0.332. The average Bonchev–Trinajstić information content (AvgIpc) is 4.05. The van der Waals surface area contributed by atoms with E-state index in [9.17, 15) is 0 Å². The Hall–Kier alpha value is -8.93. The van der Waals surface area contributed by atoms with Crippen LogP contribution in [0.25, 0.3) is 93.3 Å². The van der Waals surface area contributed by atoms with Crippen LogP contribution in [0, 0.1) is 11.8 Å². The van der Waals surface area contributed by atoms with Crippen molar-refractivity contribution in [3.8, 4) is 17.1 Å². The lowest BCUT2D eigenvalue weighted by atomic mass is 9.76. The number of hydrogen-bond donors (Lipinski definition) is 1. The van der Waals surface area contributed by atoms with E-state index in [-0.39, 0.29) is 12.1 Å². The molecule has 0 radical (unpaired) electrons. The topological polar surface area (TPSA) is 39.2 Å². The number of para-hydroxylation sites is 4. The second kappa shape index (κ2) is 14.8. The molecule has 5 nitrogen and oxygen atoms in total. The fourth-order valence-corrected chi connectivity index (χ4v) is 11.9. The van der Waals surface area contributed by atoms with Gasteiger partial charge in [0.2, 0.25) is 0 Å². The van der Waals surface area contributed by atoms with Gasteiger partial charge in [-0.15, -0.1) is 0 Å². The van der Waals surface area contributed by atoms with E-state index in [0.717, 1.165) is 50.6 Å². The Balaban J connectivity index is 0.967. The number of nitrogens with one attached hydrogen (secondary N) is 1. The molecule has 2 unspecified atom stereocenters. The van der Waals surface area contributed by atoms with Gasteiger partial charge in [-0.1, -0.05) is 176 Å². The SMILES string of the molecule is C1=CC2C=CC=C(C3=NC(c4cccc(-n5c6cc(-n7c8ccccc8c8ccccc87)ccc6c6ccc(-n7c8ccccc8c8ccccc87)cc65)c4)Nc4c3ccc3ccccc43)[C@H]2C=C1. The Labute approximate surface area is 398 Å². The Bertz CT molecular complexity index is 4040. The van der Waals surface area contributed by atoms with Gasteiger partial charge in [0.05, 0.1) is 44.5 Å². The molecule has 0 amide bonds. The molecule has 69 heavy (non-hydrogen) atoms. The maximum atomic E-state index is 5.70. The van der Waals surface area contributed by atoms with Crippen molar-refractivity contribution in [2.24, 2.45) is 16.8 Å². The van der Waals surface area contributed by atoms with Gasteiger partial charge in [0.25, 0.3) is 0 Å². The molecule has 3 aliphatic rings. The highest BCUT2D eigenvalue weighted by atomic mass is 15.1. The Kier molecular flexibility index (Phi) is 8.19. The van der Waals surface area contributed by atoms with Crippen molar-refractivity contribution in [2.45, 2.75) is 6.17 Å². The molecule has 4 heterocycles. The number of benzene rings is 9. The maximum Gasteiger partial charge on any atom is 0.145 e. The predicted octanol–water partition coefficient (Wildman–Crippen LogP) is 15.9. The molecule has 3 atom stereocenters. The van der Waals surface area contributed by atoms with E-state index in [4.69, 9.17) is 4.99 Å². The van der Waals surface area contributed by atoms with Crippen molar-refractivity contribution in [3.63, 3.8) is 0 Å². The van der Waals surface area contributed by atoms with Crippen LogP contribution in [0.15, 0.2) is 247 Å². The number of aliphatic imine (C=N–C) groups is 1. The second-order valence-electron chi connectivity index (χ2n) is 18.7. The van der Waals surface area contributed by atoms with Gasteiger partial charge in [-0.25, -0.2) is 0 Å². The molecule has 15 rings (SSSR count). The standard InChI is InChI=1S/C64H43N5/c1-3-20-46-40(15-1)17-14-26-54(46)63-55-34-31-41-16-2-4-21-47(41)62(55)65-64(66-63)42-18-13-19-43(37-42)69-60-38-44(67-56-27-9-5-22-48(56)49-23-6-10-28-57(49)67)32-35-52(60)53-36-33-45(39-61(53)69)68-58-29-11-7-24-50(58)51-25-8-12-30-59(51)68/h1-40,46,64-65H/t40?,46-,64?/m0/s1. The second-order valence-corrected chi connectivity index (χ2v) is 18.7. The quantitative estimate of drug-likeness (QED) is 0.184. The summed E-state index contributed by atoms with van der Waals surface area (Å²) in [6.07, 6.45) is 15.5. The molecule has 5 heteroatoms. The predicted molar refractivity (Wildman–Crippen MR) is 289 cm³/mol. The lowest BCUT2D eigenvalue weighted by Crippen LogP contribution is -2.27. The van der Waals surface area contributed by atoms with Gasteiger partial charge in [0.15, 0.2) is 0 Å². The number of aromatic nitrogens is 3. The minimum Gasteiger partial charge on any atom is -0.359 e. The zero-order chi connectivity index (χ0) is 45.2. The molecule has 3 aromatic heterocycles. The maximum absolute atomic E-state index is 5.70. The van der Waals surface area contributed by atoms with Gasteiger partial charge >= 0.3 is 0 Å². The number of nitrogens with zero attached hydrogens (tertiary/aromatic N) is 4. The third-order valence-electron chi connectivity index (χ3n) is 15.0. The Morgan fingerprint density at radius 1 is 0.391 bits per heavy atom. The molecular weight excluding hydrogens is 839 g/mol. The van der Waals surface area contributed by atoms with Gasteiger partial charge in [-0.3, -0.25) is 4.99 Å². The Morgan fingerprint density at radius 2 is 0.899 bits per heavy atom. The van der Waals surface area contributed by atoms with Crippen LogP contribution in [0.4, 0.5) is 5.69 Å². The van der Waals surface area contributed by atoms with Gasteiger partial charge in [-0.05, 0) is 77.2 Å². The lowest BCUT2D eigenvalue weighted by molar-refractivity contribution is 0.641. The zero-order valence-electron chi connectivity index (χ0n) is 37.5. The molecule has 2 aliphatic carbocycles. The van der Waals surface area contributed by atoms with Crippen molar-refractivity contribution in [3.05, 3.63) is 253 Å². The normalized spacial score (nSPS) is 17.5. The summed E-state index contributed by atoms with van der Waals surface area (Å²) >= 11 is 0. The first-order valence-electron chi connectivity index (χ1n) is 24.0. The van der Waals surface area contributed by atoms with E-state index in [2.05, 4.69) is 256 Å². The first kappa shape index (κ1) is 38.2. The van der Waals surface area contributed by atoms with E-state index in [1.807, 2.05) is 0 Å². The summed E-state index contributed by atoms with van der Waals surface area (Å²) in [6.45, 7) is 0. The molecular formula is C64H43N5. The number of fused-ring (bicyclic) bond motifs is 13. The lowest BCUT2D eigenvalue weighted by Gasteiger charge is -2.33. The molecule has 9 aromatic carbocycles. The monoisotopic (exact) mass is 881 g/mol. The van der Waals surface area contributed by atoms with E-state index in [1.54, 1.807) is 0 Å². The smallest absolute Gasteiger partial charge is 0.145 e. The third-order valence-corrected chi connectivity index (χ3v) is 15.0. The highest BCUT2D eigenvalue weighted by molar-refractivity contribution is 6.21. The fraction of sp³-hybridized carbons (Fsp3) is 0.0469. The zero-order valence-corrected chi connectivity index (χ0v) is 37.5. The van der Waals surface area contributed by atoms with Crippen LogP contribution in [0.2, 0.25) is 0 Å². The highest BCUT2D eigenvalue weighted by Crippen LogP contribution is 2.44. The fourth-order valence-electron chi connectivity index (χ4n) is 11.9. The Morgan fingerprint density at radius 3 is 1.52 bits per heavy atom. The van der Waals surface area contributed by atoms with E-state index in [0.29, 0.717) is 5.92 Å². The average molecular weight is 882 g/mol. The van der Waals surface area contributed by atoms with Crippen LogP contribution < -0.4 is 5.32 Å². The summed E-state index contributed by atoms with van der Waals surface area (Å²) in [5.41, 5.74) is 16.0. The molecule has 0 bridgehead atoms. The minimum absolute atomic E-state index is 0.216. The van der Waals surface area contributed by atoms with Crippen molar-refractivity contribution in [2.75, 3.05) is 5.32 Å². The van der Waals surface area contributed by atoms with Crippen molar-refractivity contribution >= 4 is 87.6 Å². The van der Waals surface area contributed by atoms with Crippen molar-refractivity contribution in [1.29, 1.82) is 0 Å². The number of allylic oxidation sites excluding steroid dienone is 8. The molecule has 0 saturated heterocycles. The molecule has 0 spiro atoms. The molecule has 1 N–H and O–H groups in total. The van der Waals surface area contributed by atoms with E-state index < -0.39 is 0 Å². The first-order valence-corrected chi connectivity index (χ1v) is 24.0.